The van der Waals surface area contributed by atoms with Gasteiger partial charge in [0.15, 0.2) is 0 Å². The van der Waals surface area contributed by atoms with E-state index in [4.69, 9.17) is 9.47 Å². The Labute approximate surface area is 196 Å². The van der Waals surface area contributed by atoms with Crippen LogP contribution in [0.1, 0.15) is 17.2 Å². The van der Waals surface area contributed by atoms with Crippen LogP contribution in [0.25, 0.3) is 5.82 Å². The molecule has 0 saturated carbocycles. The summed E-state index contributed by atoms with van der Waals surface area (Å²) in [7, 11) is -2.77. The topological polar surface area (TPSA) is 108 Å². The van der Waals surface area contributed by atoms with Crippen LogP contribution in [0.15, 0.2) is 59.8 Å². The summed E-state index contributed by atoms with van der Waals surface area (Å²) in [6, 6.07) is 11.2. The average Bonchev–Trinajstić information content (AvgIpc) is 3.13. The number of benzene rings is 2. The molecular formula is C23H22FN5O4S. The molecule has 0 aliphatic rings. The van der Waals surface area contributed by atoms with Crippen molar-refractivity contribution in [3.05, 3.63) is 77.9 Å². The maximum atomic E-state index is 13.6. The van der Waals surface area contributed by atoms with Crippen molar-refractivity contribution < 1.29 is 22.3 Å². The summed E-state index contributed by atoms with van der Waals surface area (Å²) in [4.78, 5) is 12.7. The third-order valence-electron chi connectivity index (χ3n) is 5.04. The van der Waals surface area contributed by atoms with Gasteiger partial charge in [-0.2, -0.15) is 4.98 Å². The predicted octanol–water partition coefficient (Wildman–Crippen LogP) is 4.33. The molecule has 2 aromatic carbocycles. The molecule has 176 valence electrons. The number of aromatic nitrogens is 4. The molecule has 0 amide bonds. The lowest BCUT2D eigenvalue weighted by atomic mass is 10.3. The third kappa shape index (κ3) is 4.84. The number of imidazole rings is 1. The van der Waals surface area contributed by atoms with Crippen molar-refractivity contribution in [2.24, 2.45) is 0 Å². The minimum Gasteiger partial charge on any atom is -0.495 e. The van der Waals surface area contributed by atoms with Gasteiger partial charge in [-0.05, 0) is 63.2 Å². The molecule has 0 unspecified atom stereocenters. The molecule has 1 N–H and O–H groups in total. The van der Waals surface area contributed by atoms with Crippen LogP contribution in [0.3, 0.4) is 0 Å². The van der Waals surface area contributed by atoms with Gasteiger partial charge < -0.3 is 9.47 Å². The zero-order valence-electron chi connectivity index (χ0n) is 18.9. The SMILES string of the molecule is COc1ccc(F)cc1S(=O)(=O)Nc1ccc(Oc2cc(-n3cnc(C)c3C)nc(C)n2)cc1. The van der Waals surface area contributed by atoms with Crippen LogP contribution in [-0.4, -0.2) is 35.0 Å². The number of sulfonamides is 1. The number of ether oxygens (including phenoxy) is 2. The van der Waals surface area contributed by atoms with Crippen LogP contribution in [0.5, 0.6) is 17.4 Å². The van der Waals surface area contributed by atoms with Crippen molar-refractivity contribution in [2.45, 2.75) is 25.7 Å². The maximum absolute atomic E-state index is 13.6. The van der Waals surface area contributed by atoms with Crippen molar-refractivity contribution in [1.82, 2.24) is 19.5 Å². The summed E-state index contributed by atoms with van der Waals surface area (Å²) in [5, 5.41) is 0. The van der Waals surface area contributed by atoms with Gasteiger partial charge >= 0.3 is 0 Å². The second-order valence-corrected chi connectivity index (χ2v) is 9.07. The Morgan fingerprint density at radius 2 is 1.74 bits per heavy atom. The molecule has 2 heterocycles. The molecule has 0 aliphatic heterocycles. The Bertz CT molecular complexity index is 1450. The monoisotopic (exact) mass is 483 g/mol. The highest BCUT2D eigenvalue weighted by atomic mass is 32.2. The number of rotatable bonds is 7. The normalized spacial score (nSPS) is 11.3. The van der Waals surface area contributed by atoms with Crippen molar-refractivity contribution >= 4 is 15.7 Å². The number of anilines is 1. The highest BCUT2D eigenvalue weighted by Crippen LogP contribution is 2.28. The van der Waals surface area contributed by atoms with Crippen molar-refractivity contribution in [3.8, 4) is 23.2 Å². The van der Waals surface area contributed by atoms with Gasteiger partial charge in [0.2, 0.25) is 5.88 Å². The first-order valence-electron chi connectivity index (χ1n) is 10.2. The summed E-state index contributed by atoms with van der Waals surface area (Å²) in [6.45, 7) is 5.62. The lowest BCUT2D eigenvalue weighted by Crippen LogP contribution is -2.14. The van der Waals surface area contributed by atoms with Gasteiger partial charge in [-0.3, -0.25) is 9.29 Å². The molecule has 0 aliphatic carbocycles. The highest BCUT2D eigenvalue weighted by molar-refractivity contribution is 7.92. The van der Waals surface area contributed by atoms with E-state index >= 15 is 0 Å². The summed E-state index contributed by atoms with van der Waals surface area (Å²) < 4.78 is 54.2. The lowest BCUT2D eigenvalue weighted by molar-refractivity contribution is 0.401. The van der Waals surface area contributed by atoms with Gasteiger partial charge in [0.05, 0.1) is 12.8 Å². The van der Waals surface area contributed by atoms with Gasteiger partial charge in [0, 0.05) is 17.4 Å². The number of hydrogen-bond donors (Lipinski definition) is 1. The van der Waals surface area contributed by atoms with Crippen LogP contribution in [0.4, 0.5) is 10.1 Å². The maximum Gasteiger partial charge on any atom is 0.265 e. The molecular weight excluding hydrogens is 461 g/mol. The number of hydrogen-bond acceptors (Lipinski definition) is 7. The molecule has 11 heteroatoms. The van der Waals surface area contributed by atoms with E-state index in [1.54, 1.807) is 31.5 Å². The fraction of sp³-hybridized carbons (Fsp3) is 0.174. The molecule has 34 heavy (non-hydrogen) atoms. The average molecular weight is 484 g/mol. The summed E-state index contributed by atoms with van der Waals surface area (Å²) in [6.07, 6.45) is 1.69. The molecule has 0 spiro atoms. The van der Waals surface area contributed by atoms with Gasteiger partial charge in [-0.25, -0.2) is 22.8 Å². The largest absolute Gasteiger partial charge is 0.495 e. The van der Waals surface area contributed by atoms with Crippen molar-refractivity contribution in [3.63, 3.8) is 0 Å². The van der Waals surface area contributed by atoms with Gasteiger partial charge in [0.25, 0.3) is 10.0 Å². The molecule has 9 nitrogen and oxygen atoms in total. The number of nitrogens with one attached hydrogen (secondary N) is 1. The lowest BCUT2D eigenvalue weighted by Gasteiger charge is -2.12. The molecule has 0 bridgehead atoms. The predicted molar refractivity (Wildman–Crippen MR) is 124 cm³/mol. The molecule has 4 rings (SSSR count). The first-order valence-corrected chi connectivity index (χ1v) is 11.7. The van der Waals surface area contributed by atoms with Gasteiger partial charge in [-0.15, -0.1) is 0 Å². The number of methoxy groups -OCH3 is 1. The Morgan fingerprint density at radius 1 is 1.00 bits per heavy atom. The number of nitrogens with zero attached hydrogens (tertiary/aromatic N) is 4. The fourth-order valence-electron chi connectivity index (χ4n) is 3.21. The Morgan fingerprint density at radius 3 is 2.38 bits per heavy atom. The van der Waals surface area contributed by atoms with Crippen molar-refractivity contribution in [2.75, 3.05) is 11.8 Å². The molecule has 0 fully saturated rings. The zero-order chi connectivity index (χ0) is 24.5. The first-order chi connectivity index (χ1) is 16.2. The summed E-state index contributed by atoms with van der Waals surface area (Å²) in [5.41, 5.74) is 2.12. The van der Waals surface area contributed by atoms with E-state index < -0.39 is 15.8 Å². The minimum absolute atomic E-state index is 0.0344. The van der Waals surface area contributed by atoms with Gasteiger partial charge in [-0.1, -0.05) is 0 Å². The third-order valence-corrected chi connectivity index (χ3v) is 6.45. The molecule has 2 aromatic heterocycles. The van der Waals surface area contributed by atoms with E-state index in [9.17, 15) is 12.8 Å². The second kappa shape index (κ2) is 9.10. The fourth-order valence-corrected chi connectivity index (χ4v) is 4.45. The van der Waals surface area contributed by atoms with Gasteiger partial charge in [0.1, 0.15) is 40.2 Å². The number of aryl methyl sites for hydroxylation is 2. The Hall–Kier alpha value is -3.99. The van der Waals surface area contributed by atoms with Crippen LogP contribution in [-0.2, 0) is 10.0 Å². The Kier molecular flexibility index (Phi) is 6.20. The molecule has 0 atom stereocenters. The molecule has 4 aromatic rings. The first kappa shape index (κ1) is 23.2. The minimum atomic E-state index is -4.08. The van der Waals surface area contributed by atoms with E-state index in [0.717, 1.165) is 23.5 Å². The smallest absolute Gasteiger partial charge is 0.265 e. The van der Waals surface area contributed by atoms with Crippen LogP contribution in [0, 0.1) is 26.6 Å². The Balaban J connectivity index is 1.54. The summed E-state index contributed by atoms with van der Waals surface area (Å²) >= 11 is 0. The van der Waals surface area contributed by atoms with Crippen LogP contribution in [0.2, 0.25) is 0 Å². The van der Waals surface area contributed by atoms with E-state index in [0.29, 0.717) is 23.3 Å². The molecule has 0 saturated heterocycles. The van der Waals surface area contributed by atoms with Crippen LogP contribution < -0.4 is 14.2 Å². The van der Waals surface area contributed by atoms with E-state index in [-0.39, 0.29) is 16.3 Å². The zero-order valence-corrected chi connectivity index (χ0v) is 19.7. The number of halogens is 1. The van der Waals surface area contributed by atoms with Crippen LogP contribution >= 0.6 is 0 Å². The summed E-state index contributed by atoms with van der Waals surface area (Å²) in [5.74, 6) is 1.25. The molecule has 0 radical (unpaired) electrons. The highest BCUT2D eigenvalue weighted by Gasteiger charge is 2.20. The quantitative estimate of drug-likeness (QED) is 0.417. The van der Waals surface area contributed by atoms with E-state index in [1.165, 1.54) is 25.3 Å². The van der Waals surface area contributed by atoms with Crippen molar-refractivity contribution in [1.29, 1.82) is 0 Å². The van der Waals surface area contributed by atoms with E-state index in [1.807, 2.05) is 18.4 Å². The second-order valence-electron chi connectivity index (χ2n) is 7.42. The van der Waals surface area contributed by atoms with E-state index in [2.05, 4.69) is 19.7 Å². The standard InChI is InChI=1S/C23H22FN5O4S/c1-14-15(2)29(13-25-14)22-12-23(27-16(3)26-22)33-19-8-6-18(7-9-19)28-34(30,31)21-11-17(24)5-10-20(21)32-4/h5-13,28H,1-4H3.